The molecule has 110 valence electrons. The number of anilines is 1. The van der Waals surface area contributed by atoms with Gasteiger partial charge in [0.05, 0.1) is 0 Å². The Morgan fingerprint density at radius 3 is 3.10 bits per heavy atom. The average molecular weight is 277 g/mol. The molecular formula is C15H23N3O2. The van der Waals surface area contributed by atoms with Crippen molar-refractivity contribution in [1.29, 1.82) is 0 Å². The zero-order valence-corrected chi connectivity index (χ0v) is 11.9. The van der Waals surface area contributed by atoms with Crippen LogP contribution in [0.25, 0.3) is 0 Å². The Morgan fingerprint density at radius 2 is 2.40 bits per heavy atom. The fourth-order valence-electron chi connectivity index (χ4n) is 2.50. The van der Waals surface area contributed by atoms with Crippen LogP contribution in [0.15, 0.2) is 24.3 Å². The van der Waals surface area contributed by atoms with E-state index in [0.29, 0.717) is 6.54 Å². The first kappa shape index (κ1) is 14.8. The second-order valence-corrected chi connectivity index (χ2v) is 5.48. The molecular weight excluding hydrogens is 254 g/mol. The van der Waals surface area contributed by atoms with E-state index in [2.05, 4.69) is 5.32 Å². The molecule has 2 rings (SSSR count). The summed E-state index contributed by atoms with van der Waals surface area (Å²) in [5, 5.41) is 12.1. The molecule has 4 N–H and O–H groups in total. The summed E-state index contributed by atoms with van der Waals surface area (Å²) in [7, 11) is 0. The molecule has 0 radical (unpaired) electrons. The number of hydrogen-bond donors (Lipinski definition) is 3. The summed E-state index contributed by atoms with van der Waals surface area (Å²) in [6.07, 6.45) is 1.93. The normalized spacial score (nSPS) is 20.6. The molecule has 1 aromatic rings. The lowest BCUT2D eigenvalue weighted by Crippen LogP contribution is -2.43. The third-order valence-corrected chi connectivity index (χ3v) is 3.73. The van der Waals surface area contributed by atoms with Gasteiger partial charge < -0.3 is 21.1 Å². The summed E-state index contributed by atoms with van der Waals surface area (Å²) in [6.45, 7) is 3.42. The SMILES string of the molecule is CC(N)c1cccc(NC(=O)N2CCCC(CO)C2)c1. The van der Waals surface area contributed by atoms with Crippen LogP contribution in [-0.2, 0) is 0 Å². The average Bonchev–Trinajstić information content (AvgIpc) is 2.47. The minimum atomic E-state index is -0.107. The number of hydrogen-bond acceptors (Lipinski definition) is 3. The molecule has 20 heavy (non-hydrogen) atoms. The Morgan fingerprint density at radius 1 is 1.60 bits per heavy atom. The van der Waals surface area contributed by atoms with Gasteiger partial charge in [0.2, 0.25) is 0 Å². The molecule has 1 aromatic carbocycles. The number of aliphatic hydroxyl groups excluding tert-OH is 1. The minimum Gasteiger partial charge on any atom is -0.396 e. The third-order valence-electron chi connectivity index (χ3n) is 3.73. The Balaban J connectivity index is 1.98. The quantitative estimate of drug-likeness (QED) is 0.790. The molecule has 0 aromatic heterocycles. The maximum absolute atomic E-state index is 12.2. The van der Waals surface area contributed by atoms with E-state index in [1.54, 1.807) is 4.90 Å². The second-order valence-electron chi connectivity index (χ2n) is 5.48. The summed E-state index contributed by atoms with van der Waals surface area (Å²) in [5.41, 5.74) is 7.60. The van der Waals surface area contributed by atoms with Crippen molar-refractivity contribution in [3.8, 4) is 0 Å². The highest BCUT2D eigenvalue weighted by Crippen LogP contribution is 2.19. The molecule has 5 nitrogen and oxygen atoms in total. The van der Waals surface area contributed by atoms with E-state index in [0.717, 1.165) is 30.6 Å². The van der Waals surface area contributed by atoms with Crippen LogP contribution in [-0.4, -0.2) is 35.7 Å². The maximum atomic E-state index is 12.2. The summed E-state index contributed by atoms with van der Waals surface area (Å²) in [5.74, 6) is 0.199. The molecule has 0 bridgehead atoms. The van der Waals surface area contributed by atoms with Gasteiger partial charge in [-0.25, -0.2) is 4.79 Å². The van der Waals surface area contributed by atoms with Gasteiger partial charge in [-0.2, -0.15) is 0 Å². The van der Waals surface area contributed by atoms with Crippen LogP contribution >= 0.6 is 0 Å². The zero-order chi connectivity index (χ0) is 14.5. The fraction of sp³-hybridized carbons (Fsp3) is 0.533. The Kier molecular flexibility index (Phi) is 4.98. The van der Waals surface area contributed by atoms with Gasteiger partial charge in [0.15, 0.2) is 0 Å². The highest BCUT2D eigenvalue weighted by atomic mass is 16.3. The first-order valence-electron chi connectivity index (χ1n) is 7.12. The summed E-state index contributed by atoms with van der Waals surface area (Å²) < 4.78 is 0. The Labute approximate surface area is 119 Å². The lowest BCUT2D eigenvalue weighted by Gasteiger charge is -2.31. The van der Waals surface area contributed by atoms with Gasteiger partial charge in [-0.15, -0.1) is 0 Å². The number of nitrogens with two attached hydrogens (primary N) is 1. The number of amides is 2. The number of benzene rings is 1. The molecule has 5 heteroatoms. The molecule has 2 amide bonds. The van der Waals surface area contributed by atoms with Crippen molar-refractivity contribution in [1.82, 2.24) is 4.90 Å². The van der Waals surface area contributed by atoms with Crippen LogP contribution in [0.4, 0.5) is 10.5 Å². The van der Waals surface area contributed by atoms with Gasteiger partial charge >= 0.3 is 6.03 Å². The predicted octanol–water partition coefficient (Wildman–Crippen LogP) is 1.94. The first-order valence-corrected chi connectivity index (χ1v) is 7.12. The van der Waals surface area contributed by atoms with Crippen LogP contribution in [0, 0.1) is 5.92 Å². The molecule has 2 unspecified atom stereocenters. The highest BCUT2D eigenvalue weighted by molar-refractivity contribution is 5.89. The number of carbonyl (C=O) groups excluding carboxylic acids is 1. The van der Waals surface area contributed by atoms with Crippen molar-refractivity contribution in [2.24, 2.45) is 11.7 Å². The van der Waals surface area contributed by atoms with E-state index in [1.165, 1.54) is 0 Å². The maximum Gasteiger partial charge on any atom is 0.321 e. The molecule has 0 spiro atoms. The van der Waals surface area contributed by atoms with Crippen molar-refractivity contribution < 1.29 is 9.90 Å². The topological polar surface area (TPSA) is 78.6 Å². The van der Waals surface area contributed by atoms with Crippen molar-refractivity contribution in [3.05, 3.63) is 29.8 Å². The van der Waals surface area contributed by atoms with Gasteiger partial charge in [0, 0.05) is 31.4 Å². The second kappa shape index (κ2) is 6.72. The zero-order valence-electron chi connectivity index (χ0n) is 11.9. The molecule has 1 heterocycles. The molecule has 1 aliphatic rings. The summed E-state index contributed by atoms with van der Waals surface area (Å²) >= 11 is 0. The number of piperidine rings is 1. The summed E-state index contributed by atoms with van der Waals surface area (Å²) in [6, 6.07) is 7.43. The Bertz CT molecular complexity index is 462. The highest BCUT2D eigenvalue weighted by Gasteiger charge is 2.23. The van der Waals surface area contributed by atoms with Crippen molar-refractivity contribution >= 4 is 11.7 Å². The van der Waals surface area contributed by atoms with Gasteiger partial charge in [-0.05, 0) is 43.4 Å². The van der Waals surface area contributed by atoms with Crippen LogP contribution in [0.2, 0.25) is 0 Å². The fourth-order valence-corrected chi connectivity index (χ4v) is 2.50. The van der Waals surface area contributed by atoms with Gasteiger partial charge in [-0.1, -0.05) is 12.1 Å². The number of likely N-dealkylation sites (tertiary alicyclic amines) is 1. The van der Waals surface area contributed by atoms with E-state index < -0.39 is 0 Å². The van der Waals surface area contributed by atoms with Crippen LogP contribution < -0.4 is 11.1 Å². The van der Waals surface area contributed by atoms with Gasteiger partial charge in [0.25, 0.3) is 0 Å². The van der Waals surface area contributed by atoms with Gasteiger partial charge in [0.1, 0.15) is 0 Å². The molecule has 0 saturated carbocycles. The monoisotopic (exact) mass is 277 g/mol. The smallest absolute Gasteiger partial charge is 0.321 e. The molecule has 1 fully saturated rings. The van der Waals surface area contributed by atoms with Crippen LogP contribution in [0.3, 0.4) is 0 Å². The van der Waals surface area contributed by atoms with Crippen molar-refractivity contribution in [2.75, 3.05) is 25.0 Å². The standard InChI is InChI=1S/C15H23N3O2/c1-11(16)13-5-2-6-14(8-13)17-15(20)18-7-3-4-12(9-18)10-19/h2,5-6,8,11-12,19H,3-4,7,9-10,16H2,1H3,(H,17,20). The molecule has 2 atom stereocenters. The number of nitrogens with one attached hydrogen (secondary N) is 1. The number of carbonyl (C=O) groups is 1. The summed E-state index contributed by atoms with van der Waals surface area (Å²) in [4.78, 5) is 14.0. The largest absolute Gasteiger partial charge is 0.396 e. The van der Waals surface area contributed by atoms with E-state index in [-0.39, 0.29) is 24.6 Å². The van der Waals surface area contributed by atoms with E-state index in [4.69, 9.17) is 5.73 Å². The number of aliphatic hydroxyl groups is 1. The van der Waals surface area contributed by atoms with E-state index in [9.17, 15) is 9.90 Å². The van der Waals surface area contributed by atoms with Crippen molar-refractivity contribution in [3.63, 3.8) is 0 Å². The van der Waals surface area contributed by atoms with E-state index in [1.807, 2.05) is 31.2 Å². The van der Waals surface area contributed by atoms with Crippen LogP contribution in [0.5, 0.6) is 0 Å². The molecule has 1 aliphatic heterocycles. The van der Waals surface area contributed by atoms with Crippen LogP contribution in [0.1, 0.15) is 31.4 Å². The third kappa shape index (κ3) is 3.71. The predicted molar refractivity (Wildman–Crippen MR) is 79.4 cm³/mol. The lowest BCUT2D eigenvalue weighted by molar-refractivity contribution is 0.136. The number of urea groups is 1. The first-order chi connectivity index (χ1) is 9.60. The minimum absolute atomic E-state index is 0.0550. The molecule has 1 saturated heterocycles. The lowest BCUT2D eigenvalue weighted by atomic mass is 9.99. The van der Waals surface area contributed by atoms with Gasteiger partial charge in [-0.3, -0.25) is 0 Å². The number of rotatable bonds is 3. The van der Waals surface area contributed by atoms with Crippen molar-refractivity contribution in [2.45, 2.75) is 25.8 Å². The molecule has 0 aliphatic carbocycles. The van der Waals surface area contributed by atoms with E-state index >= 15 is 0 Å². The number of nitrogens with zero attached hydrogens (tertiary/aromatic N) is 1. The Hall–Kier alpha value is -1.59.